The number of halogens is 3. The summed E-state index contributed by atoms with van der Waals surface area (Å²) in [4.78, 5) is 23.0. The van der Waals surface area contributed by atoms with Crippen molar-refractivity contribution in [1.29, 1.82) is 0 Å². The number of benzene rings is 5. The average Bonchev–Trinajstić information content (AvgIpc) is 0.842. The maximum Gasteiger partial charge on any atom is 3.00 e. The third kappa shape index (κ3) is 37.2. The van der Waals surface area contributed by atoms with Gasteiger partial charge in [-0.25, -0.2) is 8.42 Å². The van der Waals surface area contributed by atoms with Crippen LogP contribution >= 0.6 is 0 Å². The summed E-state index contributed by atoms with van der Waals surface area (Å²) in [7, 11) is -6.76. The molecule has 0 aliphatic carbocycles. The fourth-order valence-corrected chi connectivity index (χ4v) is 19.4. The van der Waals surface area contributed by atoms with Crippen LogP contribution < -0.4 is 23.6 Å². The van der Waals surface area contributed by atoms with E-state index in [2.05, 4.69) is 260 Å². The number of pyridine rings is 5. The van der Waals surface area contributed by atoms with E-state index >= 15 is 0 Å². The molecule has 1 radical (unpaired) electrons. The van der Waals surface area contributed by atoms with Gasteiger partial charge in [-0.3, -0.25) is 4.98 Å². The van der Waals surface area contributed by atoms with E-state index in [1.54, 1.807) is 6.92 Å². The molecular weight excluding hydrogens is 1910 g/mol. The van der Waals surface area contributed by atoms with E-state index in [1.807, 2.05) is 110 Å². The van der Waals surface area contributed by atoms with Crippen molar-refractivity contribution >= 4 is 89.6 Å². The second kappa shape index (κ2) is 48.3. The number of hydrogen-bond donors (Lipinski definition) is 3. The van der Waals surface area contributed by atoms with E-state index < -0.39 is 71.6 Å². The molecule has 105 heavy (non-hydrogen) atoms. The first-order chi connectivity index (χ1) is 48.1. The molecule has 11 nitrogen and oxygen atoms in total. The van der Waals surface area contributed by atoms with Crippen molar-refractivity contribution in [3.05, 3.63) is 242 Å². The quantitative estimate of drug-likeness (QED) is 0.0408. The largest absolute Gasteiger partial charge is 3.00 e. The van der Waals surface area contributed by atoms with Gasteiger partial charge in [0.2, 0.25) is 0 Å². The van der Waals surface area contributed by atoms with E-state index in [0.717, 1.165) is 77.8 Å². The number of aliphatic hydroxyl groups excluding tert-OH is 3. The van der Waals surface area contributed by atoms with Crippen molar-refractivity contribution in [1.82, 2.24) is 24.9 Å². The van der Waals surface area contributed by atoms with Crippen LogP contribution in [-0.2, 0) is 63.2 Å². The van der Waals surface area contributed by atoms with Gasteiger partial charge in [0.1, 0.15) is 0 Å². The summed E-state index contributed by atoms with van der Waals surface area (Å²) in [5.41, 5.74) is 7.98. The van der Waals surface area contributed by atoms with Gasteiger partial charge in [-0.1, -0.05) is 109 Å². The van der Waals surface area contributed by atoms with Crippen LogP contribution in [0.15, 0.2) is 207 Å². The SMILES string of the molecule is CC(C)Cc1cc(-c2[c-]cccc2)ncc1[Si](C)(C)C.CC(C)Cc1cc(-c2ccccc2)ncc1[Si](C)(C)C.CCO.CO.CO.O=S(=O)([O-])C(F)(F)F.[CH3][Ge]([CH3])([CH3])[c]1ccc(-c2[c-]cccc2)nc1.[CH3][Ge]([CH3])([CH3])[c]1ccc(-c2[c-]cccc2)nc1.[CH3][Ge]([CH3])([CH3])[c]1ccc(-c2[c-]cccc2)nc1.[Ir+3].[Ir]. The zero-order valence-corrected chi connectivity index (χ0v) is 79.3. The second-order valence-corrected chi connectivity index (χ2v) is 73.3. The van der Waals surface area contributed by atoms with Crippen molar-refractivity contribution < 1.29 is 81.7 Å². The van der Waals surface area contributed by atoms with Gasteiger partial charge >= 0.3 is 325 Å². The van der Waals surface area contributed by atoms with Gasteiger partial charge < -0.3 is 24.9 Å². The summed E-state index contributed by atoms with van der Waals surface area (Å²) >= 11 is -5.15. The molecule has 0 saturated heterocycles. The van der Waals surface area contributed by atoms with Crippen LogP contribution in [0.1, 0.15) is 45.7 Å². The smallest absolute Gasteiger partial charge is 0 e. The van der Waals surface area contributed by atoms with E-state index in [1.165, 1.54) is 40.3 Å². The Labute approximate surface area is 665 Å². The molecule has 571 valence electrons. The van der Waals surface area contributed by atoms with E-state index in [-0.39, 0.29) is 46.8 Å². The predicted molar refractivity (Wildman–Crippen MR) is 440 cm³/mol. The van der Waals surface area contributed by atoms with Crippen molar-refractivity contribution in [2.75, 3.05) is 20.8 Å². The van der Waals surface area contributed by atoms with Gasteiger partial charge in [-0.15, -0.1) is 35.9 Å². The Morgan fingerprint density at radius 2 is 0.686 bits per heavy atom. The molecule has 5 aromatic heterocycles. The fourth-order valence-electron chi connectivity index (χ4n) is 9.68. The standard InChI is InChI=1S/C18H25NSi.C18H24NSi.3C14H16GeN.C2H6O.CHF3O3S.2CH4O.2Ir/c2*1-14(2)11-16-12-17(15-9-7-6-8-10-15)19-13-18(16)20(3,4)5;3*1-15(2,3)13-9-10-14(16-11-13)12-7-5-4-6-8-12;1-2-3;2-1(3,4)8(5,6)7;2*1-2;;/h6-10,12-14H,11H2,1-5H3;6-9,12-14H,11H2,1-5H3;3*4-7,9-11H,1-3H3;3H,2H2,1H3;(H,5,6,7);2*2H,1H3;;/q;4*-1;;;;;;+3/p-1. The Bertz CT molecular complexity index is 3770. The topological polar surface area (TPSA) is 182 Å². The fraction of sp³-hybridized carbons (Fsp3) is 0.337. The van der Waals surface area contributed by atoms with Crippen LogP contribution in [0, 0.1) is 36.1 Å². The molecule has 10 rings (SSSR count). The number of hydrogen-bond acceptors (Lipinski definition) is 11. The molecule has 5 aromatic carbocycles. The number of rotatable bonds is 14. The molecule has 0 atom stereocenters. The molecule has 0 amide bonds. The van der Waals surface area contributed by atoms with Gasteiger partial charge in [0.05, 0.1) is 21.8 Å². The molecule has 0 saturated carbocycles. The molecule has 0 fully saturated rings. The molecule has 0 aliphatic heterocycles. The summed E-state index contributed by atoms with van der Waals surface area (Å²) in [6.07, 6.45) is 12.6. The van der Waals surface area contributed by atoms with Crippen LogP contribution in [0.3, 0.4) is 0 Å². The summed E-state index contributed by atoms with van der Waals surface area (Å²) in [5.74, 6) is 22.8. The molecule has 0 bridgehead atoms. The van der Waals surface area contributed by atoms with Crippen molar-refractivity contribution in [2.45, 2.75) is 144 Å². The Morgan fingerprint density at radius 3 is 0.905 bits per heavy atom. The molecule has 3 N–H and O–H groups in total. The van der Waals surface area contributed by atoms with Crippen LogP contribution in [0.5, 0.6) is 0 Å². The molecule has 0 aliphatic rings. The average molecular weight is 2020 g/mol. The Morgan fingerprint density at radius 1 is 0.438 bits per heavy atom. The summed E-state index contributed by atoms with van der Waals surface area (Å²) in [6.45, 7) is 25.4. The number of aromatic nitrogens is 5. The van der Waals surface area contributed by atoms with Crippen LogP contribution in [0.2, 0.25) is 91.1 Å². The zero-order valence-electron chi connectivity index (χ0n) is 65.4. The Kier molecular flexibility index (Phi) is 45.9. The van der Waals surface area contributed by atoms with Gasteiger partial charge in [-0.2, -0.15) is 13.2 Å². The second-order valence-electron chi connectivity index (χ2n) is 29.9. The molecule has 0 spiro atoms. The van der Waals surface area contributed by atoms with E-state index in [0.29, 0.717) is 11.8 Å². The minimum absolute atomic E-state index is 0. The van der Waals surface area contributed by atoms with Gasteiger partial charge in [0.25, 0.3) is 0 Å². The minimum Gasteiger partial charge on any atom is 0 e. The summed E-state index contributed by atoms with van der Waals surface area (Å²) < 4.78 is 63.2. The molecule has 5 heterocycles. The third-order valence-corrected chi connectivity index (χ3v) is 32.5. The van der Waals surface area contributed by atoms with Gasteiger partial charge in [0, 0.05) is 58.9 Å². The monoisotopic (exact) mass is 2030 g/mol. The first-order valence-electron chi connectivity index (χ1n) is 34.5. The van der Waals surface area contributed by atoms with Crippen LogP contribution in [-0.4, -0.2) is 135 Å². The summed E-state index contributed by atoms with van der Waals surface area (Å²) in [5, 5.41) is 24.6. The first kappa shape index (κ1) is 99.8. The first-order valence-corrected chi connectivity index (χ1v) is 64.9. The predicted octanol–water partition coefficient (Wildman–Crippen LogP) is 17.3. The summed E-state index contributed by atoms with van der Waals surface area (Å²) in [6, 6.07) is 72.9. The van der Waals surface area contributed by atoms with Gasteiger partial charge in [-0.05, 0) is 59.3 Å². The molecule has 10 aromatic rings. The number of aliphatic hydroxyl groups is 3. The molecular formula is C83H111F3Ge3Ir2N5O6SSi2-2. The molecule has 0 unspecified atom stereocenters. The minimum atomic E-state index is -6.09. The van der Waals surface area contributed by atoms with Crippen molar-refractivity contribution in [3.63, 3.8) is 0 Å². The maximum atomic E-state index is 10.7. The zero-order chi connectivity index (χ0) is 78.0. The normalized spacial score (nSPS) is 11.1. The maximum absolute atomic E-state index is 10.7. The van der Waals surface area contributed by atoms with E-state index in [4.69, 9.17) is 33.3 Å². The Balaban J connectivity index is 0.00000123. The van der Waals surface area contributed by atoms with Crippen molar-refractivity contribution in [2.24, 2.45) is 11.8 Å². The van der Waals surface area contributed by atoms with Crippen LogP contribution in [0.4, 0.5) is 13.2 Å². The Hall–Kier alpha value is -5.21. The van der Waals surface area contributed by atoms with Crippen LogP contribution in [0.25, 0.3) is 56.3 Å². The van der Waals surface area contributed by atoms with E-state index in [9.17, 15) is 13.2 Å². The number of alkyl halides is 3. The van der Waals surface area contributed by atoms with Gasteiger partial charge in [0.15, 0.2) is 10.1 Å². The van der Waals surface area contributed by atoms with Crippen molar-refractivity contribution in [3.8, 4) is 56.3 Å². The number of nitrogens with zero attached hydrogens (tertiary/aromatic N) is 5. The third-order valence-electron chi connectivity index (χ3n) is 15.0. The molecule has 22 heteroatoms.